The van der Waals surface area contributed by atoms with Crippen LogP contribution >= 0.6 is 0 Å². The Balaban J connectivity index is 3.37. The van der Waals surface area contributed by atoms with Gasteiger partial charge in [0.1, 0.15) is 0 Å². The van der Waals surface area contributed by atoms with Crippen LogP contribution in [0.1, 0.15) is 98.3 Å². The van der Waals surface area contributed by atoms with Gasteiger partial charge >= 0.3 is 0 Å². The van der Waals surface area contributed by atoms with Crippen LogP contribution in [0.5, 0.6) is 0 Å². The van der Waals surface area contributed by atoms with Gasteiger partial charge in [0.05, 0.1) is 0 Å². The molecular formula is C17H37N. The van der Waals surface area contributed by atoms with Crippen molar-refractivity contribution in [2.24, 2.45) is 0 Å². The lowest BCUT2D eigenvalue weighted by Gasteiger charge is -2.26. The average Bonchev–Trinajstić information content (AvgIpc) is 2.33. The third-order valence-electron chi connectivity index (χ3n) is 3.79. The molecule has 0 saturated heterocycles. The van der Waals surface area contributed by atoms with Crippen LogP contribution in [0.2, 0.25) is 0 Å². The first-order chi connectivity index (χ1) is 8.62. The van der Waals surface area contributed by atoms with Crippen molar-refractivity contribution in [3.05, 3.63) is 0 Å². The summed E-state index contributed by atoms with van der Waals surface area (Å²) in [4.78, 5) is 0. The number of hydrogen-bond acceptors (Lipinski definition) is 1. The molecule has 0 aromatic rings. The summed E-state index contributed by atoms with van der Waals surface area (Å²) in [5.74, 6) is 0. The molecule has 0 bridgehead atoms. The Kier molecular flexibility index (Phi) is 12.0. The van der Waals surface area contributed by atoms with Crippen LogP contribution in [-0.4, -0.2) is 12.1 Å². The molecule has 0 radical (unpaired) electrons. The standard InChI is InChI=1S/C17H37N/c1-5-7-9-11-12-13-15-17(3,4)18-16-14-10-8-6-2/h18H,5-16H2,1-4H3. The van der Waals surface area contributed by atoms with Crippen molar-refractivity contribution < 1.29 is 0 Å². The molecule has 0 heterocycles. The Hall–Kier alpha value is -0.0400. The summed E-state index contributed by atoms with van der Waals surface area (Å²) in [6.07, 6.45) is 15.2. The maximum Gasteiger partial charge on any atom is 0.0125 e. The van der Waals surface area contributed by atoms with Gasteiger partial charge in [-0.25, -0.2) is 0 Å². The minimum atomic E-state index is 0.344. The van der Waals surface area contributed by atoms with E-state index in [2.05, 4.69) is 33.0 Å². The molecule has 1 N–H and O–H groups in total. The first kappa shape index (κ1) is 18.0. The molecule has 1 nitrogen and oxygen atoms in total. The second kappa shape index (κ2) is 12.0. The Bertz CT molecular complexity index is 163. The zero-order valence-corrected chi connectivity index (χ0v) is 13.5. The van der Waals surface area contributed by atoms with E-state index in [0.29, 0.717) is 5.54 Å². The molecule has 0 aromatic carbocycles. The van der Waals surface area contributed by atoms with Gasteiger partial charge in [0.15, 0.2) is 0 Å². The Morgan fingerprint density at radius 3 is 1.78 bits per heavy atom. The van der Waals surface area contributed by atoms with Crippen LogP contribution in [0.25, 0.3) is 0 Å². The van der Waals surface area contributed by atoms with Crippen LogP contribution in [-0.2, 0) is 0 Å². The molecule has 0 aromatic heterocycles. The summed E-state index contributed by atoms with van der Waals surface area (Å²) >= 11 is 0. The summed E-state index contributed by atoms with van der Waals surface area (Å²) < 4.78 is 0. The highest BCUT2D eigenvalue weighted by molar-refractivity contribution is 4.76. The van der Waals surface area contributed by atoms with Gasteiger partial charge in [-0.05, 0) is 33.2 Å². The smallest absolute Gasteiger partial charge is 0.0125 e. The van der Waals surface area contributed by atoms with Crippen molar-refractivity contribution in [1.82, 2.24) is 5.32 Å². The van der Waals surface area contributed by atoms with Gasteiger partial charge in [-0.1, -0.05) is 71.6 Å². The molecule has 18 heavy (non-hydrogen) atoms. The third-order valence-corrected chi connectivity index (χ3v) is 3.79. The summed E-state index contributed by atoms with van der Waals surface area (Å²) in [7, 11) is 0. The monoisotopic (exact) mass is 255 g/mol. The van der Waals surface area contributed by atoms with Gasteiger partial charge in [-0.2, -0.15) is 0 Å². The lowest BCUT2D eigenvalue weighted by Crippen LogP contribution is -2.39. The second-order valence-corrected chi connectivity index (χ2v) is 6.39. The highest BCUT2D eigenvalue weighted by atomic mass is 14.9. The summed E-state index contributed by atoms with van der Waals surface area (Å²) in [6.45, 7) is 10.5. The molecule has 0 saturated carbocycles. The molecule has 0 atom stereocenters. The maximum atomic E-state index is 3.72. The van der Waals surface area contributed by atoms with Gasteiger partial charge < -0.3 is 5.32 Å². The van der Waals surface area contributed by atoms with Crippen molar-refractivity contribution in [3.63, 3.8) is 0 Å². The van der Waals surface area contributed by atoms with Gasteiger partial charge in [-0.15, -0.1) is 0 Å². The number of hydrogen-bond donors (Lipinski definition) is 1. The predicted octanol–water partition coefficient (Wildman–Crippen LogP) is 5.69. The zero-order chi connectivity index (χ0) is 13.7. The van der Waals surface area contributed by atoms with Crippen LogP contribution < -0.4 is 5.32 Å². The first-order valence-electron chi connectivity index (χ1n) is 8.37. The maximum absolute atomic E-state index is 3.72. The quantitative estimate of drug-likeness (QED) is 0.417. The highest BCUT2D eigenvalue weighted by Crippen LogP contribution is 2.15. The van der Waals surface area contributed by atoms with E-state index in [1.807, 2.05) is 0 Å². The molecular weight excluding hydrogens is 218 g/mol. The van der Waals surface area contributed by atoms with Gasteiger partial charge in [-0.3, -0.25) is 0 Å². The second-order valence-electron chi connectivity index (χ2n) is 6.39. The Labute approximate surface area is 116 Å². The van der Waals surface area contributed by atoms with E-state index in [4.69, 9.17) is 0 Å². The van der Waals surface area contributed by atoms with E-state index in [1.165, 1.54) is 77.2 Å². The van der Waals surface area contributed by atoms with E-state index in [1.54, 1.807) is 0 Å². The first-order valence-corrected chi connectivity index (χ1v) is 8.37. The molecule has 0 aliphatic carbocycles. The summed E-state index contributed by atoms with van der Waals surface area (Å²) in [5.41, 5.74) is 0.344. The largest absolute Gasteiger partial charge is 0.312 e. The SMILES string of the molecule is CCCCCCCCC(C)(C)NCCCCCC. The van der Waals surface area contributed by atoms with Gasteiger partial charge in [0.25, 0.3) is 0 Å². The van der Waals surface area contributed by atoms with Crippen LogP contribution in [0, 0.1) is 0 Å². The van der Waals surface area contributed by atoms with Crippen LogP contribution in [0.3, 0.4) is 0 Å². The van der Waals surface area contributed by atoms with E-state index < -0.39 is 0 Å². The normalized spacial score (nSPS) is 12.0. The van der Waals surface area contributed by atoms with Crippen molar-refractivity contribution in [3.8, 4) is 0 Å². The third kappa shape index (κ3) is 12.4. The van der Waals surface area contributed by atoms with Crippen LogP contribution in [0.4, 0.5) is 0 Å². The fraction of sp³-hybridized carbons (Fsp3) is 1.00. The van der Waals surface area contributed by atoms with E-state index in [-0.39, 0.29) is 0 Å². The topological polar surface area (TPSA) is 12.0 Å². The van der Waals surface area contributed by atoms with Gasteiger partial charge in [0, 0.05) is 5.54 Å². The van der Waals surface area contributed by atoms with E-state index in [9.17, 15) is 0 Å². The summed E-state index contributed by atoms with van der Waals surface area (Å²) in [6, 6.07) is 0. The molecule has 0 aliphatic heterocycles. The molecule has 0 aliphatic rings. The lowest BCUT2D eigenvalue weighted by molar-refractivity contribution is 0.343. The molecule has 0 rings (SSSR count). The van der Waals surface area contributed by atoms with Crippen molar-refractivity contribution >= 4 is 0 Å². The van der Waals surface area contributed by atoms with Crippen LogP contribution in [0.15, 0.2) is 0 Å². The number of unbranched alkanes of at least 4 members (excludes halogenated alkanes) is 8. The van der Waals surface area contributed by atoms with Crippen molar-refractivity contribution in [2.45, 2.75) is 104 Å². The fourth-order valence-corrected chi connectivity index (χ4v) is 2.41. The molecule has 0 fully saturated rings. The molecule has 0 unspecified atom stereocenters. The number of rotatable bonds is 13. The predicted molar refractivity (Wildman–Crippen MR) is 84.2 cm³/mol. The van der Waals surface area contributed by atoms with Crippen molar-refractivity contribution in [1.29, 1.82) is 0 Å². The fourth-order valence-electron chi connectivity index (χ4n) is 2.41. The molecule has 0 spiro atoms. The highest BCUT2D eigenvalue weighted by Gasteiger charge is 2.15. The zero-order valence-electron chi connectivity index (χ0n) is 13.5. The number of nitrogens with one attached hydrogen (secondary N) is 1. The molecule has 1 heteroatoms. The van der Waals surface area contributed by atoms with Gasteiger partial charge in [0.2, 0.25) is 0 Å². The molecule has 0 amide bonds. The minimum Gasteiger partial charge on any atom is -0.312 e. The van der Waals surface area contributed by atoms with E-state index >= 15 is 0 Å². The molecule has 110 valence electrons. The minimum absolute atomic E-state index is 0.344. The lowest BCUT2D eigenvalue weighted by atomic mass is 9.95. The summed E-state index contributed by atoms with van der Waals surface area (Å²) in [5, 5.41) is 3.72. The average molecular weight is 255 g/mol. The van der Waals surface area contributed by atoms with Crippen molar-refractivity contribution in [2.75, 3.05) is 6.54 Å². The Morgan fingerprint density at radius 2 is 1.17 bits per heavy atom. The Morgan fingerprint density at radius 1 is 0.667 bits per heavy atom. The van der Waals surface area contributed by atoms with E-state index in [0.717, 1.165) is 0 Å².